The summed E-state index contributed by atoms with van der Waals surface area (Å²) in [7, 11) is 0. The first kappa shape index (κ1) is 25.0. The number of imide groups is 1. The second kappa shape index (κ2) is 11.4. The Labute approximate surface area is 193 Å². The maximum atomic E-state index is 11.9. The molecule has 0 bridgehead atoms. The van der Waals surface area contributed by atoms with Gasteiger partial charge in [-0.05, 0) is 36.6 Å². The lowest BCUT2D eigenvalue weighted by molar-refractivity contribution is -0.120. The van der Waals surface area contributed by atoms with E-state index in [0.29, 0.717) is 16.8 Å². The van der Waals surface area contributed by atoms with Crippen LogP contribution in [-0.4, -0.2) is 34.8 Å². The zero-order chi connectivity index (χ0) is 23.8. The van der Waals surface area contributed by atoms with E-state index in [1.165, 1.54) is 12.1 Å². The maximum absolute atomic E-state index is 11.9. The zero-order valence-corrected chi connectivity index (χ0v) is 19.0. The fraction of sp³-hybridized carbons (Fsp3) is 0.350. The molecule has 0 radical (unpaired) electrons. The van der Waals surface area contributed by atoms with Gasteiger partial charge in [0.15, 0.2) is 0 Å². The van der Waals surface area contributed by atoms with Crippen molar-refractivity contribution in [2.45, 2.75) is 39.2 Å². The highest BCUT2D eigenvalue weighted by atomic mass is 35.5. The van der Waals surface area contributed by atoms with Crippen molar-refractivity contribution in [1.29, 1.82) is 5.26 Å². The summed E-state index contributed by atoms with van der Waals surface area (Å²) in [5, 5.41) is 25.5. The Balaban J connectivity index is 2.21. The van der Waals surface area contributed by atoms with Gasteiger partial charge in [0.25, 0.3) is 11.5 Å². The third-order valence-electron chi connectivity index (χ3n) is 4.15. The lowest BCUT2D eigenvalue weighted by Gasteiger charge is -2.10. The number of H-pyrrole nitrogens is 1. The first-order chi connectivity index (χ1) is 15.2. The van der Waals surface area contributed by atoms with Gasteiger partial charge in [0.2, 0.25) is 6.04 Å². The van der Waals surface area contributed by atoms with Crippen molar-refractivity contribution < 1.29 is 14.3 Å². The predicted octanol–water partition coefficient (Wildman–Crippen LogP) is 4.04. The molecule has 0 aliphatic rings. The lowest BCUT2D eigenvalue weighted by atomic mass is 10.0. The number of aromatic nitrogens is 2. The van der Waals surface area contributed by atoms with E-state index in [0.717, 1.165) is 0 Å². The molecule has 0 fully saturated rings. The number of nitrogens with zero attached hydrogens (tertiary/aromatic N) is 4. The number of nitrogens with one attached hydrogen (secondary N) is 2. The average Bonchev–Trinajstić information content (AvgIpc) is 2.72. The Hall–Kier alpha value is -3.29. The molecule has 0 saturated carbocycles. The van der Waals surface area contributed by atoms with E-state index >= 15 is 0 Å². The normalized spacial score (nSPS) is 11.9. The average molecular weight is 479 g/mol. The topological polar surface area (TPSA) is 150 Å². The second-order valence-corrected chi connectivity index (χ2v) is 7.63. The summed E-state index contributed by atoms with van der Waals surface area (Å²) in [6.07, 6.45) is -0.728. The van der Waals surface area contributed by atoms with Crippen LogP contribution in [0.15, 0.2) is 33.2 Å². The van der Waals surface area contributed by atoms with Crippen molar-refractivity contribution in [3.63, 3.8) is 0 Å². The molecule has 2 amide bonds. The number of hydrogen-bond donors (Lipinski definition) is 2. The minimum absolute atomic E-state index is 0.0170. The number of halogens is 2. The Kier molecular flexibility index (Phi) is 8.87. The Morgan fingerprint density at radius 2 is 1.94 bits per heavy atom. The van der Waals surface area contributed by atoms with Gasteiger partial charge in [0.05, 0.1) is 18.0 Å². The number of azo groups is 1. The monoisotopic (exact) mass is 478 g/mol. The molecule has 1 unspecified atom stereocenters. The molecule has 168 valence electrons. The molecular formula is C20H20Cl2N6O4. The summed E-state index contributed by atoms with van der Waals surface area (Å²) in [5.74, 6) is -0.961. The molecular weight excluding hydrogens is 459 g/mol. The highest BCUT2D eigenvalue weighted by molar-refractivity contribution is 6.36. The van der Waals surface area contributed by atoms with Gasteiger partial charge >= 0.3 is 6.09 Å². The molecule has 2 N–H and O–H groups in total. The fourth-order valence-corrected chi connectivity index (χ4v) is 3.19. The molecule has 12 heteroatoms. The summed E-state index contributed by atoms with van der Waals surface area (Å²) in [6, 6.07) is 4.67. The van der Waals surface area contributed by atoms with Gasteiger partial charge in [0, 0.05) is 22.0 Å². The SMILES string of the molecule is CCOC(=O)NC(=O)C(C#N)N=Nc1cc(Cl)c(Cc2cc(C(C)C)c(=O)[nH]n2)c(Cl)c1. The smallest absolute Gasteiger partial charge is 0.413 e. The summed E-state index contributed by atoms with van der Waals surface area (Å²) < 4.78 is 4.58. The van der Waals surface area contributed by atoms with Crippen LogP contribution in [0.3, 0.4) is 0 Å². The molecule has 0 aliphatic carbocycles. The number of benzene rings is 1. The molecule has 10 nitrogen and oxygen atoms in total. The maximum Gasteiger partial charge on any atom is 0.413 e. The number of nitriles is 1. The summed E-state index contributed by atoms with van der Waals surface area (Å²) in [5.41, 5.74) is 1.67. The van der Waals surface area contributed by atoms with Crippen LogP contribution in [-0.2, 0) is 16.0 Å². The number of hydrogen-bond acceptors (Lipinski definition) is 8. The van der Waals surface area contributed by atoms with Crippen LogP contribution in [0.4, 0.5) is 10.5 Å². The summed E-state index contributed by atoms with van der Waals surface area (Å²) in [6.45, 7) is 5.43. The van der Waals surface area contributed by atoms with Gasteiger partial charge in [-0.3, -0.25) is 14.9 Å². The van der Waals surface area contributed by atoms with Crippen LogP contribution < -0.4 is 10.9 Å². The number of carbonyl (C=O) groups is 2. The van der Waals surface area contributed by atoms with Gasteiger partial charge in [-0.15, -0.1) is 0 Å². The van der Waals surface area contributed by atoms with Gasteiger partial charge in [-0.1, -0.05) is 37.0 Å². The quantitative estimate of drug-likeness (QED) is 0.573. The van der Waals surface area contributed by atoms with Crippen molar-refractivity contribution in [2.75, 3.05) is 6.61 Å². The third kappa shape index (κ3) is 6.60. The number of rotatable bonds is 7. The fourth-order valence-electron chi connectivity index (χ4n) is 2.58. The Morgan fingerprint density at radius 3 is 2.50 bits per heavy atom. The molecule has 2 aromatic rings. The molecule has 0 aliphatic heterocycles. The standard InChI is InChI=1S/C20H20Cl2N6O4/c1-4-32-20(31)24-19(30)17(9-23)27-25-12-7-15(21)14(16(22)8-12)6-11-5-13(10(2)3)18(29)28-26-11/h5,7-8,10,17H,4,6H2,1-3H3,(H,28,29)(H,24,30,31). The van der Waals surface area contributed by atoms with Crippen molar-refractivity contribution in [3.8, 4) is 6.07 Å². The number of amides is 2. The van der Waals surface area contributed by atoms with Gasteiger partial charge in [0.1, 0.15) is 6.07 Å². The van der Waals surface area contributed by atoms with E-state index in [1.54, 1.807) is 19.1 Å². The minimum Gasteiger partial charge on any atom is -0.450 e. The molecule has 1 atom stereocenters. The lowest BCUT2D eigenvalue weighted by Crippen LogP contribution is -2.37. The molecule has 32 heavy (non-hydrogen) atoms. The van der Waals surface area contributed by atoms with E-state index in [9.17, 15) is 14.4 Å². The van der Waals surface area contributed by atoms with E-state index in [2.05, 4.69) is 25.2 Å². The van der Waals surface area contributed by atoms with Crippen molar-refractivity contribution in [2.24, 2.45) is 10.2 Å². The van der Waals surface area contributed by atoms with Crippen LogP contribution in [0.5, 0.6) is 0 Å². The first-order valence-corrected chi connectivity index (χ1v) is 10.3. The predicted molar refractivity (Wildman–Crippen MR) is 117 cm³/mol. The number of aromatic amines is 1. The van der Waals surface area contributed by atoms with Crippen molar-refractivity contribution >= 4 is 40.9 Å². The summed E-state index contributed by atoms with van der Waals surface area (Å²) >= 11 is 12.7. The number of ether oxygens (including phenoxy) is 1. The van der Waals surface area contributed by atoms with Gasteiger partial charge in [-0.2, -0.15) is 20.6 Å². The summed E-state index contributed by atoms with van der Waals surface area (Å²) in [4.78, 5) is 35.1. The largest absolute Gasteiger partial charge is 0.450 e. The molecule has 1 aromatic carbocycles. The molecule has 2 rings (SSSR count). The van der Waals surface area contributed by atoms with Crippen molar-refractivity contribution in [3.05, 3.63) is 55.4 Å². The molecule has 1 heterocycles. The van der Waals surface area contributed by atoms with E-state index < -0.39 is 18.0 Å². The van der Waals surface area contributed by atoms with Crippen LogP contribution in [0.1, 0.15) is 43.5 Å². The van der Waals surface area contributed by atoms with E-state index in [1.807, 2.05) is 19.2 Å². The highest BCUT2D eigenvalue weighted by Gasteiger charge is 2.20. The molecule has 0 saturated heterocycles. The van der Waals surface area contributed by atoms with Crippen LogP contribution in [0, 0.1) is 11.3 Å². The van der Waals surface area contributed by atoms with Gasteiger partial charge in [-0.25, -0.2) is 9.89 Å². The second-order valence-electron chi connectivity index (χ2n) is 6.82. The van der Waals surface area contributed by atoms with E-state index in [4.69, 9.17) is 28.5 Å². The Morgan fingerprint density at radius 1 is 1.28 bits per heavy atom. The number of alkyl carbamates (subject to hydrolysis) is 1. The van der Waals surface area contributed by atoms with E-state index in [-0.39, 0.29) is 40.2 Å². The van der Waals surface area contributed by atoms with Crippen LogP contribution in [0.25, 0.3) is 0 Å². The number of carbonyl (C=O) groups excluding carboxylic acids is 2. The minimum atomic E-state index is -1.57. The highest BCUT2D eigenvalue weighted by Crippen LogP contribution is 2.32. The van der Waals surface area contributed by atoms with Crippen molar-refractivity contribution in [1.82, 2.24) is 15.5 Å². The first-order valence-electron chi connectivity index (χ1n) is 9.50. The molecule has 1 aromatic heterocycles. The zero-order valence-electron chi connectivity index (χ0n) is 17.5. The third-order valence-corrected chi connectivity index (χ3v) is 4.83. The Bertz CT molecular complexity index is 1120. The van der Waals surface area contributed by atoms with Crippen LogP contribution in [0.2, 0.25) is 10.0 Å². The molecule has 0 spiro atoms. The van der Waals surface area contributed by atoms with Crippen LogP contribution >= 0.6 is 23.2 Å². The van der Waals surface area contributed by atoms with Gasteiger partial charge < -0.3 is 4.74 Å².